The molecule has 3 aromatic rings. The fourth-order valence-corrected chi connectivity index (χ4v) is 2.65. The molecule has 124 valence electrons. The molecule has 2 heterocycles. The molecule has 0 atom stereocenters. The Morgan fingerprint density at radius 3 is 2.67 bits per heavy atom. The van der Waals surface area contributed by atoms with Crippen molar-refractivity contribution in [1.29, 1.82) is 0 Å². The lowest BCUT2D eigenvalue weighted by Gasteiger charge is -2.08. The van der Waals surface area contributed by atoms with Crippen molar-refractivity contribution in [2.45, 2.75) is 20.0 Å². The first-order valence-corrected chi connectivity index (χ1v) is 8.28. The highest BCUT2D eigenvalue weighted by Gasteiger charge is 2.04. The molecule has 6 nitrogen and oxygen atoms in total. The molecule has 1 aromatic carbocycles. The molecule has 2 aromatic heterocycles. The van der Waals surface area contributed by atoms with Crippen molar-refractivity contribution >= 4 is 40.3 Å². The van der Waals surface area contributed by atoms with E-state index >= 15 is 0 Å². The first-order chi connectivity index (χ1) is 11.6. The number of halogens is 1. The van der Waals surface area contributed by atoms with Gasteiger partial charge in [0.05, 0.1) is 24.6 Å². The van der Waals surface area contributed by atoms with E-state index in [4.69, 9.17) is 23.8 Å². The van der Waals surface area contributed by atoms with E-state index in [0.717, 1.165) is 23.5 Å². The van der Waals surface area contributed by atoms with E-state index in [2.05, 4.69) is 27.8 Å². The van der Waals surface area contributed by atoms with Gasteiger partial charge in [0.25, 0.3) is 0 Å². The summed E-state index contributed by atoms with van der Waals surface area (Å²) in [6, 6.07) is 7.38. The van der Waals surface area contributed by atoms with E-state index in [1.54, 1.807) is 6.20 Å². The molecule has 0 bridgehead atoms. The molecule has 0 fully saturated rings. The molecule has 0 unspecified atom stereocenters. The number of nitrogens with one attached hydrogen (secondary N) is 2. The monoisotopic (exact) mass is 360 g/mol. The molecule has 0 aliphatic rings. The lowest BCUT2D eigenvalue weighted by atomic mass is 10.3. The highest BCUT2D eigenvalue weighted by Crippen LogP contribution is 2.15. The highest BCUT2D eigenvalue weighted by molar-refractivity contribution is 7.80. The number of hydrogen-bond donors (Lipinski definition) is 2. The summed E-state index contributed by atoms with van der Waals surface area (Å²) in [5.74, 6) is 0. The Kier molecular flexibility index (Phi) is 5.12. The maximum absolute atomic E-state index is 5.96. The van der Waals surface area contributed by atoms with Crippen LogP contribution in [0.1, 0.15) is 12.5 Å². The van der Waals surface area contributed by atoms with Crippen LogP contribution < -0.4 is 10.6 Å². The van der Waals surface area contributed by atoms with E-state index in [0.29, 0.717) is 16.7 Å². The standard InChI is InChI=1S/C16H17ClN6S/c1-2-22-9-12(7-18-22)10-23-11-15(8-19-23)21-16(24)20-14-5-3-4-13(17)6-14/h3-9,11H,2,10H2,1H3,(H2,20,21,24). The Morgan fingerprint density at radius 2 is 1.92 bits per heavy atom. The van der Waals surface area contributed by atoms with Gasteiger partial charge in [0.15, 0.2) is 5.11 Å². The fourth-order valence-electron chi connectivity index (χ4n) is 2.22. The van der Waals surface area contributed by atoms with Gasteiger partial charge in [-0.2, -0.15) is 10.2 Å². The van der Waals surface area contributed by atoms with Crippen molar-refractivity contribution in [2.24, 2.45) is 0 Å². The summed E-state index contributed by atoms with van der Waals surface area (Å²) in [5.41, 5.74) is 2.75. The molecule has 0 aliphatic carbocycles. The summed E-state index contributed by atoms with van der Waals surface area (Å²) >= 11 is 11.3. The lowest BCUT2D eigenvalue weighted by molar-refractivity contribution is 0.654. The molecule has 8 heteroatoms. The summed E-state index contributed by atoms with van der Waals surface area (Å²) < 4.78 is 3.73. The first-order valence-electron chi connectivity index (χ1n) is 7.50. The molecule has 0 spiro atoms. The van der Waals surface area contributed by atoms with Crippen LogP contribution in [0.3, 0.4) is 0 Å². The first kappa shape index (κ1) is 16.5. The Bertz CT molecular complexity index is 840. The minimum atomic E-state index is 0.482. The van der Waals surface area contributed by atoms with Crippen LogP contribution in [0.2, 0.25) is 5.02 Å². The average Bonchev–Trinajstić information content (AvgIpc) is 3.17. The second-order valence-corrected chi connectivity index (χ2v) is 6.07. The van der Waals surface area contributed by atoms with Gasteiger partial charge in [-0.3, -0.25) is 9.36 Å². The summed E-state index contributed by atoms with van der Waals surface area (Å²) in [6.07, 6.45) is 7.50. The molecule has 0 amide bonds. The number of benzene rings is 1. The minimum Gasteiger partial charge on any atom is -0.332 e. The van der Waals surface area contributed by atoms with Crippen LogP contribution >= 0.6 is 23.8 Å². The number of aryl methyl sites for hydroxylation is 1. The van der Waals surface area contributed by atoms with Crippen molar-refractivity contribution in [1.82, 2.24) is 19.6 Å². The topological polar surface area (TPSA) is 59.7 Å². The smallest absolute Gasteiger partial charge is 0.175 e. The molecule has 0 saturated heterocycles. The fraction of sp³-hybridized carbons (Fsp3) is 0.188. The Labute approximate surface area is 150 Å². The largest absolute Gasteiger partial charge is 0.332 e. The van der Waals surface area contributed by atoms with Gasteiger partial charge in [-0.1, -0.05) is 17.7 Å². The number of hydrogen-bond acceptors (Lipinski definition) is 3. The number of aromatic nitrogens is 4. The van der Waals surface area contributed by atoms with Crippen molar-refractivity contribution in [3.05, 3.63) is 59.6 Å². The molecule has 0 radical (unpaired) electrons. The van der Waals surface area contributed by atoms with Crippen molar-refractivity contribution in [3.8, 4) is 0 Å². The normalized spacial score (nSPS) is 10.6. The Morgan fingerprint density at radius 1 is 1.12 bits per heavy atom. The predicted octanol–water partition coefficient (Wildman–Crippen LogP) is 3.61. The van der Waals surface area contributed by atoms with Gasteiger partial charge in [0.2, 0.25) is 0 Å². The zero-order valence-electron chi connectivity index (χ0n) is 13.1. The Hall–Kier alpha value is -2.38. The number of anilines is 2. The van der Waals surface area contributed by atoms with Crippen LogP contribution in [0.25, 0.3) is 0 Å². The predicted molar refractivity (Wildman–Crippen MR) is 101 cm³/mol. The van der Waals surface area contributed by atoms with Crippen LogP contribution in [0, 0.1) is 0 Å². The van der Waals surface area contributed by atoms with Crippen LogP contribution in [-0.4, -0.2) is 24.7 Å². The van der Waals surface area contributed by atoms with Crippen molar-refractivity contribution in [3.63, 3.8) is 0 Å². The van der Waals surface area contributed by atoms with E-state index in [9.17, 15) is 0 Å². The molecule has 0 aliphatic heterocycles. The number of nitrogens with zero attached hydrogens (tertiary/aromatic N) is 4. The maximum Gasteiger partial charge on any atom is 0.175 e. The highest BCUT2D eigenvalue weighted by atomic mass is 35.5. The second-order valence-electron chi connectivity index (χ2n) is 5.22. The average molecular weight is 361 g/mol. The van der Waals surface area contributed by atoms with Crippen LogP contribution in [-0.2, 0) is 13.1 Å². The van der Waals surface area contributed by atoms with E-state index in [1.165, 1.54) is 0 Å². The van der Waals surface area contributed by atoms with Crippen LogP contribution in [0.5, 0.6) is 0 Å². The number of rotatable bonds is 5. The van der Waals surface area contributed by atoms with Crippen molar-refractivity contribution < 1.29 is 0 Å². The quantitative estimate of drug-likeness (QED) is 0.681. The van der Waals surface area contributed by atoms with Gasteiger partial charge < -0.3 is 10.6 Å². The van der Waals surface area contributed by atoms with Gasteiger partial charge in [0.1, 0.15) is 0 Å². The minimum absolute atomic E-state index is 0.482. The number of thiocarbonyl (C=S) groups is 1. The SMILES string of the molecule is CCn1cc(Cn2cc(NC(=S)Nc3cccc(Cl)c3)cn2)cn1. The third-order valence-electron chi connectivity index (χ3n) is 3.33. The molecular weight excluding hydrogens is 344 g/mol. The summed E-state index contributed by atoms with van der Waals surface area (Å²) in [4.78, 5) is 0. The summed E-state index contributed by atoms with van der Waals surface area (Å²) in [6.45, 7) is 3.58. The maximum atomic E-state index is 5.96. The summed E-state index contributed by atoms with van der Waals surface area (Å²) in [5, 5.41) is 15.9. The van der Waals surface area contributed by atoms with Crippen LogP contribution in [0.15, 0.2) is 49.1 Å². The van der Waals surface area contributed by atoms with Gasteiger partial charge in [-0.15, -0.1) is 0 Å². The molecule has 0 saturated carbocycles. The molecule has 2 N–H and O–H groups in total. The molecular formula is C16H17ClN6S. The molecule has 24 heavy (non-hydrogen) atoms. The van der Waals surface area contributed by atoms with Crippen molar-refractivity contribution in [2.75, 3.05) is 10.6 Å². The second kappa shape index (κ2) is 7.46. The van der Waals surface area contributed by atoms with Crippen LogP contribution in [0.4, 0.5) is 11.4 Å². The van der Waals surface area contributed by atoms with Gasteiger partial charge in [-0.05, 0) is 37.3 Å². The Balaban J connectivity index is 1.58. The van der Waals surface area contributed by atoms with E-state index in [-0.39, 0.29) is 0 Å². The summed E-state index contributed by atoms with van der Waals surface area (Å²) in [7, 11) is 0. The van der Waals surface area contributed by atoms with E-state index < -0.39 is 0 Å². The zero-order valence-corrected chi connectivity index (χ0v) is 14.7. The third-order valence-corrected chi connectivity index (χ3v) is 3.77. The van der Waals surface area contributed by atoms with E-state index in [1.807, 2.05) is 52.2 Å². The lowest BCUT2D eigenvalue weighted by Crippen LogP contribution is -2.18. The van der Waals surface area contributed by atoms with Gasteiger partial charge in [0, 0.05) is 35.2 Å². The van der Waals surface area contributed by atoms with Gasteiger partial charge in [-0.25, -0.2) is 0 Å². The zero-order chi connectivity index (χ0) is 16.9. The third kappa shape index (κ3) is 4.33. The van der Waals surface area contributed by atoms with Gasteiger partial charge >= 0.3 is 0 Å². The molecule has 3 rings (SSSR count).